The topological polar surface area (TPSA) is 71.8 Å². The smallest absolute Gasteiger partial charge is 0.262 e. The molecule has 1 aromatic heterocycles. The summed E-state index contributed by atoms with van der Waals surface area (Å²) in [6.07, 6.45) is 0. The van der Waals surface area contributed by atoms with Crippen molar-refractivity contribution in [1.29, 1.82) is 0 Å². The zero-order valence-corrected chi connectivity index (χ0v) is 16.8. The molecular weight excluding hydrogens is 366 g/mol. The van der Waals surface area contributed by atoms with Gasteiger partial charge in [0, 0.05) is 25.3 Å². The van der Waals surface area contributed by atoms with E-state index in [-0.39, 0.29) is 5.56 Å². The second kappa shape index (κ2) is 8.45. The number of hydrazone groups is 1. The highest BCUT2D eigenvalue weighted by Crippen LogP contribution is 2.17. The number of hydrogen-bond donors (Lipinski definition) is 1. The number of hydrogen-bond acceptors (Lipinski definition) is 6. The number of para-hydroxylation sites is 1. The molecule has 2 aromatic carbocycles. The number of benzene rings is 2. The minimum Gasteiger partial charge on any atom is -0.378 e. The number of morpholine rings is 1. The standard InChI is InChI=1S/C22H25N5O2/c1-3-27-21(28)19-6-4-5-7-20(19)23-22(27)25-24-16(2)17-8-10-18(11-9-17)26-12-14-29-15-13-26/h4-11H,3,12-15H2,1-2H3,(H,23,25)/b24-16-. The molecule has 2 heterocycles. The van der Waals surface area contributed by atoms with Crippen molar-refractivity contribution >= 4 is 28.3 Å². The van der Waals surface area contributed by atoms with Gasteiger partial charge in [-0.2, -0.15) is 5.10 Å². The van der Waals surface area contributed by atoms with E-state index in [0.29, 0.717) is 23.4 Å². The fraction of sp³-hybridized carbons (Fsp3) is 0.318. The number of anilines is 2. The van der Waals surface area contributed by atoms with Gasteiger partial charge in [-0.1, -0.05) is 24.3 Å². The van der Waals surface area contributed by atoms with Crippen LogP contribution in [0.3, 0.4) is 0 Å². The highest BCUT2D eigenvalue weighted by molar-refractivity contribution is 5.99. The average molecular weight is 391 g/mol. The second-order valence-corrected chi connectivity index (χ2v) is 6.96. The Bertz CT molecular complexity index is 1080. The fourth-order valence-corrected chi connectivity index (χ4v) is 3.48. The monoisotopic (exact) mass is 391 g/mol. The minimum absolute atomic E-state index is 0.0664. The Labute approximate surface area is 169 Å². The van der Waals surface area contributed by atoms with Crippen molar-refractivity contribution in [3.8, 4) is 0 Å². The van der Waals surface area contributed by atoms with Crippen molar-refractivity contribution < 1.29 is 4.74 Å². The third-order valence-corrected chi connectivity index (χ3v) is 5.16. The van der Waals surface area contributed by atoms with E-state index in [4.69, 9.17) is 4.74 Å². The van der Waals surface area contributed by atoms with Crippen LogP contribution in [0.1, 0.15) is 19.4 Å². The molecule has 1 aliphatic heterocycles. The predicted octanol–water partition coefficient (Wildman–Crippen LogP) is 3.09. The van der Waals surface area contributed by atoms with Gasteiger partial charge in [0.05, 0.1) is 29.8 Å². The van der Waals surface area contributed by atoms with Crippen LogP contribution in [0.25, 0.3) is 10.9 Å². The summed E-state index contributed by atoms with van der Waals surface area (Å²) in [5.41, 5.74) is 6.61. The van der Waals surface area contributed by atoms with Crippen LogP contribution in [0.15, 0.2) is 58.4 Å². The predicted molar refractivity (Wildman–Crippen MR) is 117 cm³/mol. The minimum atomic E-state index is -0.0664. The Balaban J connectivity index is 1.56. The Morgan fingerprint density at radius 2 is 1.86 bits per heavy atom. The summed E-state index contributed by atoms with van der Waals surface area (Å²) in [6.45, 7) is 7.73. The van der Waals surface area contributed by atoms with Gasteiger partial charge in [0.25, 0.3) is 5.56 Å². The van der Waals surface area contributed by atoms with Crippen molar-refractivity contribution in [2.45, 2.75) is 20.4 Å². The first-order valence-electron chi connectivity index (χ1n) is 9.90. The van der Waals surface area contributed by atoms with E-state index < -0.39 is 0 Å². The zero-order valence-electron chi connectivity index (χ0n) is 16.8. The molecule has 4 rings (SSSR count). The van der Waals surface area contributed by atoms with E-state index in [2.05, 4.69) is 44.7 Å². The lowest BCUT2D eigenvalue weighted by molar-refractivity contribution is 0.122. The summed E-state index contributed by atoms with van der Waals surface area (Å²) >= 11 is 0. The van der Waals surface area contributed by atoms with Crippen LogP contribution < -0.4 is 15.9 Å². The molecule has 29 heavy (non-hydrogen) atoms. The average Bonchev–Trinajstić information content (AvgIpc) is 2.78. The summed E-state index contributed by atoms with van der Waals surface area (Å²) in [6, 6.07) is 15.7. The van der Waals surface area contributed by atoms with Crippen LogP contribution in [0.4, 0.5) is 11.6 Å². The highest BCUT2D eigenvalue weighted by Gasteiger charge is 2.12. The van der Waals surface area contributed by atoms with E-state index in [0.717, 1.165) is 37.6 Å². The van der Waals surface area contributed by atoms with E-state index in [9.17, 15) is 4.79 Å². The fourth-order valence-electron chi connectivity index (χ4n) is 3.48. The maximum Gasteiger partial charge on any atom is 0.262 e. The molecule has 1 saturated heterocycles. The van der Waals surface area contributed by atoms with Crippen molar-refractivity contribution in [3.63, 3.8) is 0 Å². The van der Waals surface area contributed by atoms with E-state index >= 15 is 0 Å². The third kappa shape index (κ3) is 4.00. The van der Waals surface area contributed by atoms with Gasteiger partial charge in [-0.25, -0.2) is 10.4 Å². The lowest BCUT2D eigenvalue weighted by atomic mass is 10.1. The summed E-state index contributed by atoms with van der Waals surface area (Å²) < 4.78 is 7.01. The lowest BCUT2D eigenvalue weighted by Gasteiger charge is -2.28. The van der Waals surface area contributed by atoms with Crippen LogP contribution in [0, 0.1) is 0 Å². The summed E-state index contributed by atoms with van der Waals surface area (Å²) in [5.74, 6) is 0.445. The van der Waals surface area contributed by atoms with E-state index in [1.807, 2.05) is 32.0 Å². The summed E-state index contributed by atoms with van der Waals surface area (Å²) in [4.78, 5) is 19.6. The first-order valence-corrected chi connectivity index (χ1v) is 9.90. The van der Waals surface area contributed by atoms with Crippen LogP contribution in [0.5, 0.6) is 0 Å². The van der Waals surface area contributed by atoms with Crippen molar-refractivity contribution in [2.24, 2.45) is 5.10 Å². The van der Waals surface area contributed by atoms with Crippen molar-refractivity contribution in [3.05, 3.63) is 64.4 Å². The van der Waals surface area contributed by atoms with Gasteiger partial charge in [-0.3, -0.25) is 9.36 Å². The Morgan fingerprint density at radius 1 is 1.14 bits per heavy atom. The molecule has 1 aliphatic rings. The molecule has 3 aromatic rings. The first-order chi connectivity index (χ1) is 14.2. The summed E-state index contributed by atoms with van der Waals surface area (Å²) in [5, 5.41) is 5.08. The molecule has 7 nitrogen and oxygen atoms in total. The van der Waals surface area contributed by atoms with Crippen LogP contribution in [-0.2, 0) is 11.3 Å². The van der Waals surface area contributed by atoms with Gasteiger partial charge in [-0.15, -0.1) is 0 Å². The molecule has 0 bridgehead atoms. The molecule has 150 valence electrons. The number of rotatable bonds is 5. The van der Waals surface area contributed by atoms with Gasteiger partial charge >= 0.3 is 0 Å². The molecule has 0 aliphatic carbocycles. The van der Waals surface area contributed by atoms with Gasteiger partial charge in [-0.05, 0) is 43.7 Å². The molecule has 0 saturated carbocycles. The molecule has 1 N–H and O–H groups in total. The molecule has 0 spiro atoms. The van der Waals surface area contributed by atoms with E-state index in [1.165, 1.54) is 5.69 Å². The van der Waals surface area contributed by atoms with E-state index in [1.54, 1.807) is 10.6 Å². The quantitative estimate of drug-likeness (QED) is 0.535. The number of aromatic nitrogens is 2. The molecule has 7 heteroatoms. The molecule has 0 radical (unpaired) electrons. The van der Waals surface area contributed by atoms with Crippen LogP contribution in [0.2, 0.25) is 0 Å². The molecular formula is C22H25N5O2. The summed E-state index contributed by atoms with van der Waals surface area (Å²) in [7, 11) is 0. The zero-order chi connectivity index (χ0) is 20.2. The van der Waals surface area contributed by atoms with Crippen LogP contribution >= 0.6 is 0 Å². The number of ether oxygens (including phenoxy) is 1. The normalized spacial score (nSPS) is 15.0. The lowest BCUT2D eigenvalue weighted by Crippen LogP contribution is -2.36. The maximum absolute atomic E-state index is 12.7. The molecule has 0 amide bonds. The largest absolute Gasteiger partial charge is 0.378 e. The van der Waals surface area contributed by atoms with Crippen LogP contribution in [-0.4, -0.2) is 41.6 Å². The first kappa shape index (κ1) is 19.1. The number of fused-ring (bicyclic) bond motifs is 1. The third-order valence-electron chi connectivity index (χ3n) is 5.16. The second-order valence-electron chi connectivity index (χ2n) is 6.96. The van der Waals surface area contributed by atoms with Gasteiger partial charge in [0.1, 0.15) is 0 Å². The number of nitrogens with zero attached hydrogens (tertiary/aromatic N) is 4. The SMILES string of the molecule is CCn1c(N/N=C(/C)c2ccc(N3CCOCC3)cc2)nc2ccccc2c1=O. The van der Waals surface area contributed by atoms with Crippen molar-refractivity contribution in [1.82, 2.24) is 9.55 Å². The number of nitrogens with one attached hydrogen (secondary N) is 1. The van der Waals surface area contributed by atoms with Gasteiger partial charge < -0.3 is 9.64 Å². The highest BCUT2D eigenvalue weighted by atomic mass is 16.5. The maximum atomic E-state index is 12.7. The van der Waals surface area contributed by atoms with Gasteiger partial charge in [0.2, 0.25) is 5.95 Å². The molecule has 0 atom stereocenters. The van der Waals surface area contributed by atoms with Crippen molar-refractivity contribution in [2.75, 3.05) is 36.6 Å². The molecule has 1 fully saturated rings. The Hall–Kier alpha value is -3.19. The Morgan fingerprint density at radius 3 is 2.59 bits per heavy atom. The Kier molecular flexibility index (Phi) is 5.57. The molecule has 0 unspecified atom stereocenters. The van der Waals surface area contributed by atoms with Gasteiger partial charge in [0.15, 0.2) is 0 Å².